The fraction of sp³-hybridized carbons (Fsp3) is 1.00. The van der Waals surface area contributed by atoms with Crippen LogP contribution in [0.25, 0.3) is 0 Å². The molecule has 0 aromatic rings. The SMILES string of the molecule is CC(C)CN(C)CC1(CN)CCOCC1. The number of nitrogens with two attached hydrogens (primary N) is 1. The molecule has 3 heteroatoms. The van der Waals surface area contributed by atoms with Crippen molar-refractivity contribution < 1.29 is 4.74 Å². The Kier molecular flexibility index (Phi) is 5.03. The Balaban J connectivity index is 2.43. The van der Waals surface area contributed by atoms with Crippen LogP contribution in [0.5, 0.6) is 0 Å². The lowest BCUT2D eigenvalue weighted by Gasteiger charge is -2.39. The molecule has 0 aromatic carbocycles. The van der Waals surface area contributed by atoms with Gasteiger partial charge in [0.05, 0.1) is 0 Å². The highest BCUT2D eigenvalue weighted by Crippen LogP contribution is 2.30. The summed E-state index contributed by atoms with van der Waals surface area (Å²) in [5, 5.41) is 0. The van der Waals surface area contributed by atoms with E-state index in [4.69, 9.17) is 10.5 Å². The first kappa shape index (κ1) is 12.9. The van der Waals surface area contributed by atoms with E-state index in [1.165, 1.54) is 0 Å². The number of nitrogens with zero attached hydrogens (tertiary/aromatic N) is 1. The second kappa shape index (κ2) is 5.83. The van der Waals surface area contributed by atoms with Gasteiger partial charge in [-0.1, -0.05) is 13.8 Å². The maximum absolute atomic E-state index is 5.94. The van der Waals surface area contributed by atoms with Crippen molar-refractivity contribution >= 4 is 0 Å². The van der Waals surface area contributed by atoms with Crippen LogP contribution in [-0.2, 0) is 4.74 Å². The molecule has 90 valence electrons. The topological polar surface area (TPSA) is 38.5 Å². The summed E-state index contributed by atoms with van der Waals surface area (Å²) in [6.07, 6.45) is 2.23. The lowest BCUT2D eigenvalue weighted by atomic mass is 9.80. The third-order valence-electron chi connectivity index (χ3n) is 3.27. The molecular formula is C12H26N2O. The normalized spacial score (nSPS) is 21.2. The fourth-order valence-electron chi connectivity index (χ4n) is 2.49. The Bertz CT molecular complexity index is 176. The second-order valence-corrected chi connectivity index (χ2v) is 5.41. The molecule has 0 amide bonds. The zero-order valence-corrected chi connectivity index (χ0v) is 10.5. The summed E-state index contributed by atoms with van der Waals surface area (Å²) in [5.41, 5.74) is 6.24. The van der Waals surface area contributed by atoms with Crippen LogP contribution in [0.2, 0.25) is 0 Å². The second-order valence-electron chi connectivity index (χ2n) is 5.41. The molecule has 1 aliphatic rings. The standard InChI is InChI=1S/C12H26N2O/c1-11(2)8-14(3)10-12(9-13)4-6-15-7-5-12/h11H,4-10,13H2,1-3H3. The molecule has 2 N–H and O–H groups in total. The molecule has 0 unspecified atom stereocenters. The third-order valence-corrected chi connectivity index (χ3v) is 3.27. The summed E-state index contributed by atoms with van der Waals surface area (Å²) in [6, 6.07) is 0. The molecule has 0 bridgehead atoms. The molecule has 15 heavy (non-hydrogen) atoms. The van der Waals surface area contributed by atoms with E-state index in [1.807, 2.05) is 0 Å². The first-order valence-corrected chi connectivity index (χ1v) is 6.04. The van der Waals surface area contributed by atoms with Gasteiger partial charge < -0.3 is 15.4 Å². The molecule has 0 radical (unpaired) electrons. The highest BCUT2D eigenvalue weighted by atomic mass is 16.5. The summed E-state index contributed by atoms with van der Waals surface area (Å²) in [5.74, 6) is 0.727. The minimum Gasteiger partial charge on any atom is -0.381 e. The zero-order chi connectivity index (χ0) is 11.3. The summed E-state index contributed by atoms with van der Waals surface area (Å²) in [4.78, 5) is 2.42. The van der Waals surface area contributed by atoms with Crippen molar-refractivity contribution in [3.8, 4) is 0 Å². The molecule has 1 rings (SSSR count). The fourth-order valence-corrected chi connectivity index (χ4v) is 2.49. The summed E-state index contributed by atoms with van der Waals surface area (Å²) in [6.45, 7) is 9.34. The molecule has 1 aliphatic heterocycles. The van der Waals surface area contributed by atoms with Crippen molar-refractivity contribution in [2.75, 3.05) is 39.9 Å². The van der Waals surface area contributed by atoms with E-state index in [9.17, 15) is 0 Å². The van der Waals surface area contributed by atoms with Gasteiger partial charge in [0.1, 0.15) is 0 Å². The minimum absolute atomic E-state index is 0.307. The van der Waals surface area contributed by atoms with E-state index < -0.39 is 0 Å². The largest absolute Gasteiger partial charge is 0.381 e. The van der Waals surface area contributed by atoms with Crippen LogP contribution in [0, 0.1) is 11.3 Å². The predicted molar refractivity (Wildman–Crippen MR) is 63.9 cm³/mol. The number of hydrogen-bond donors (Lipinski definition) is 1. The molecule has 0 spiro atoms. The van der Waals surface area contributed by atoms with Crippen molar-refractivity contribution in [1.29, 1.82) is 0 Å². The Morgan fingerprint density at radius 3 is 2.40 bits per heavy atom. The van der Waals surface area contributed by atoms with E-state index in [2.05, 4.69) is 25.8 Å². The Morgan fingerprint density at radius 2 is 1.93 bits per heavy atom. The van der Waals surface area contributed by atoms with Gasteiger partial charge in [-0.05, 0) is 37.8 Å². The van der Waals surface area contributed by atoms with E-state index in [1.54, 1.807) is 0 Å². The van der Waals surface area contributed by atoms with Gasteiger partial charge in [-0.15, -0.1) is 0 Å². The quantitative estimate of drug-likeness (QED) is 0.750. The monoisotopic (exact) mass is 214 g/mol. The van der Waals surface area contributed by atoms with Crippen LogP contribution >= 0.6 is 0 Å². The van der Waals surface area contributed by atoms with Gasteiger partial charge in [-0.2, -0.15) is 0 Å². The van der Waals surface area contributed by atoms with E-state index in [0.717, 1.165) is 51.6 Å². The van der Waals surface area contributed by atoms with Crippen LogP contribution in [-0.4, -0.2) is 44.8 Å². The molecule has 1 heterocycles. The Morgan fingerprint density at radius 1 is 1.33 bits per heavy atom. The number of rotatable bonds is 5. The van der Waals surface area contributed by atoms with E-state index in [0.29, 0.717) is 5.41 Å². The van der Waals surface area contributed by atoms with Crippen LogP contribution < -0.4 is 5.73 Å². The van der Waals surface area contributed by atoms with Crippen molar-refractivity contribution in [2.24, 2.45) is 17.1 Å². The van der Waals surface area contributed by atoms with Gasteiger partial charge in [0.25, 0.3) is 0 Å². The lowest BCUT2D eigenvalue weighted by Crippen LogP contribution is -2.45. The molecular weight excluding hydrogens is 188 g/mol. The summed E-state index contributed by atoms with van der Waals surface area (Å²) >= 11 is 0. The maximum Gasteiger partial charge on any atom is 0.0472 e. The van der Waals surface area contributed by atoms with E-state index in [-0.39, 0.29) is 0 Å². The van der Waals surface area contributed by atoms with Gasteiger partial charge in [0, 0.05) is 26.3 Å². The minimum atomic E-state index is 0.307. The zero-order valence-electron chi connectivity index (χ0n) is 10.5. The van der Waals surface area contributed by atoms with Crippen LogP contribution in [0.1, 0.15) is 26.7 Å². The van der Waals surface area contributed by atoms with Gasteiger partial charge in [-0.25, -0.2) is 0 Å². The first-order valence-electron chi connectivity index (χ1n) is 6.04. The van der Waals surface area contributed by atoms with Crippen molar-refractivity contribution in [3.63, 3.8) is 0 Å². The van der Waals surface area contributed by atoms with Gasteiger partial charge in [0.15, 0.2) is 0 Å². The van der Waals surface area contributed by atoms with Crippen LogP contribution in [0.3, 0.4) is 0 Å². The van der Waals surface area contributed by atoms with Crippen LogP contribution in [0.15, 0.2) is 0 Å². The van der Waals surface area contributed by atoms with Crippen molar-refractivity contribution in [2.45, 2.75) is 26.7 Å². The lowest BCUT2D eigenvalue weighted by molar-refractivity contribution is 0.00244. The molecule has 1 fully saturated rings. The molecule has 0 atom stereocenters. The smallest absolute Gasteiger partial charge is 0.0472 e. The first-order chi connectivity index (χ1) is 7.08. The average Bonchev–Trinajstić information content (AvgIpc) is 2.17. The van der Waals surface area contributed by atoms with Gasteiger partial charge in [0.2, 0.25) is 0 Å². The summed E-state index contributed by atoms with van der Waals surface area (Å²) < 4.78 is 5.42. The number of hydrogen-bond acceptors (Lipinski definition) is 3. The number of ether oxygens (including phenoxy) is 1. The molecule has 0 aliphatic carbocycles. The van der Waals surface area contributed by atoms with Crippen molar-refractivity contribution in [3.05, 3.63) is 0 Å². The highest BCUT2D eigenvalue weighted by molar-refractivity contribution is 4.85. The third kappa shape index (κ3) is 4.09. The molecule has 0 saturated carbocycles. The van der Waals surface area contributed by atoms with Crippen molar-refractivity contribution in [1.82, 2.24) is 4.90 Å². The average molecular weight is 214 g/mol. The maximum atomic E-state index is 5.94. The molecule has 1 saturated heterocycles. The van der Waals surface area contributed by atoms with Gasteiger partial charge in [-0.3, -0.25) is 0 Å². The van der Waals surface area contributed by atoms with Gasteiger partial charge >= 0.3 is 0 Å². The highest BCUT2D eigenvalue weighted by Gasteiger charge is 2.32. The molecule has 0 aromatic heterocycles. The van der Waals surface area contributed by atoms with E-state index >= 15 is 0 Å². The summed E-state index contributed by atoms with van der Waals surface area (Å²) in [7, 11) is 2.20. The predicted octanol–water partition coefficient (Wildman–Crippen LogP) is 1.33. The van der Waals surface area contributed by atoms with Crippen LogP contribution in [0.4, 0.5) is 0 Å². The Hall–Kier alpha value is -0.120. The molecule has 3 nitrogen and oxygen atoms in total. The Labute approximate surface area is 94.0 Å².